The highest BCUT2D eigenvalue weighted by molar-refractivity contribution is 5.85. The molecular formula is C14H21ClN2O. The van der Waals surface area contributed by atoms with Crippen LogP contribution in [0, 0.1) is 0 Å². The molecule has 0 aliphatic carbocycles. The van der Waals surface area contributed by atoms with Gasteiger partial charge in [-0.2, -0.15) is 0 Å². The maximum atomic E-state index is 12.0. The second-order valence-electron chi connectivity index (χ2n) is 4.67. The Morgan fingerprint density at radius 1 is 1.11 bits per heavy atom. The number of piperazine rings is 1. The lowest BCUT2D eigenvalue weighted by Gasteiger charge is -2.32. The molecule has 1 aliphatic heterocycles. The number of amides is 1. The SMILES string of the molecule is CN1CCN(C(=O)CCc2ccccc2)CC1.Cl. The zero-order chi connectivity index (χ0) is 12.1. The van der Waals surface area contributed by atoms with Gasteiger partial charge in [0.25, 0.3) is 0 Å². The van der Waals surface area contributed by atoms with Crippen LogP contribution < -0.4 is 0 Å². The van der Waals surface area contributed by atoms with Crippen molar-refractivity contribution in [1.82, 2.24) is 9.80 Å². The summed E-state index contributed by atoms with van der Waals surface area (Å²) in [5, 5.41) is 0. The summed E-state index contributed by atoms with van der Waals surface area (Å²) < 4.78 is 0. The fourth-order valence-corrected chi connectivity index (χ4v) is 2.11. The van der Waals surface area contributed by atoms with E-state index in [1.165, 1.54) is 5.56 Å². The van der Waals surface area contributed by atoms with Crippen LogP contribution in [0.1, 0.15) is 12.0 Å². The van der Waals surface area contributed by atoms with E-state index in [0.717, 1.165) is 32.6 Å². The van der Waals surface area contributed by atoms with E-state index < -0.39 is 0 Å². The van der Waals surface area contributed by atoms with Crippen LogP contribution in [0.2, 0.25) is 0 Å². The van der Waals surface area contributed by atoms with Crippen molar-refractivity contribution in [2.24, 2.45) is 0 Å². The second-order valence-corrected chi connectivity index (χ2v) is 4.67. The number of carbonyl (C=O) groups excluding carboxylic acids is 1. The maximum Gasteiger partial charge on any atom is 0.222 e. The predicted octanol–water partition coefficient (Wildman–Crippen LogP) is 1.81. The Kier molecular flexibility index (Phi) is 6.16. The van der Waals surface area contributed by atoms with Crippen molar-refractivity contribution in [2.75, 3.05) is 33.2 Å². The van der Waals surface area contributed by atoms with E-state index in [2.05, 4.69) is 24.1 Å². The topological polar surface area (TPSA) is 23.6 Å². The molecule has 4 heteroatoms. The quantitative estimate of drug-likeness (QED) is 0.835. The number of rotatable bonds is 3. The highest BCUT2D eigenvalue weighted by Gasteiger charge is 2.18. The van der Waals surface area contributed by atoms with Gasteiger partial charge < -0.3 is 9.80 Å². The second kappa shape index (κ2) is 7.39. The smallest absolute Gasteiger partial charge is 0.222 e. The van der Waals surface area contributed by atoms with Crippen LogP contribution in [0.25, 0.3) is 0 Å². The Bertz CT molecular complexity index is 361. The van der Waals surface area contributed by atoms with Gasteiger partial charge in [0.2, 0.25) is 5.91 Å². The number of likely N-dealkylation sites (N-methyl/N-ethyl adjacent to an activating group) is 1. The van der Waals surface area contributed by atoms with E-state index in [1.807, 2.05) is 23.1 Å². The van der Waals surface area contributed by atoms with Crippen LogP contribution in [0.3, 0.4) is 0 Å². The lowest BCUT2D eigenvalue weighted by atomic mass is 10.1. The van der Waals surface area contributed by atoms with Gasteiger partial charge in [-0.05, 0) is 19.0 Å². The van der Waals surface area contributed by atoms with E-state index >= 15 is 0 Å². The third-order valence-corrected chi connectivity index (χ3v) is 3.33. The summed E-state index contributed by atoms with van der Waals surface area (Å²) >= 11 is 0. The number of aryl methyl sites for hydroxylation is 1. The first kappa shape index (κ1) is 15.0. The minimum atomic E-state index is 0. The van der Waals surface area contributed by atoms with Crippen molar-refractivity contribution < 1.29 is 4.79 Å². The molecule has 0 spiro atoms. The third-order valence-electron chi connectivity index (χ3n) is 3.33. The first-order chi connectivity index (χ1) is 8.25. The molecule has 0 atom stereocenters. The summed E-state index contributed by atoms with van der Waals surface area (Å²) in [6.45, 7) is 3.75. The summed E-state index contributed by atoms with van der Waals surface area (Å²) in [7, 11) is 2.10. The average molecular weight is 269 g/mol. The highest BCUT2D eigenvalue weighted by Crippen LogP contribution is 2.06. The molecule has 1 saturated heterocycles. The fourth-order valence-electron chi connectivity index (χ4n) is 2.11. The van der Waals surface area contributed by atoms with E-state index in [0.29, 0.717) is 12.3 Å². The Balaban J connectivity index is 0.00000162. The standard InChI is InChI=1S/C14H20N2O.ClH/c1-15-9-11-16(12-10-15)14(17)8-7-13-5-3-2-4-6-13;/h2-6H,7-12H2,1H3;1H. The van der Waals surface area contributed by atoms with Crippen molar-refractivity contribution in [1.29, 1.82) is 0 Å². The lowest BCUT2D eigenvalue weighted by molar-refractivity contribution is -0.132. The molecule has 0 saturated carbocycles. The molecule has 0 bridgehead atoms. The predicted molar refractivity (Wildman–Crippen MR) is 76.1 cm³/mol. The van der Waals surface area contributed by atoms with Gasteiger partial charge in [-0.15, -0.1) is 12.4 Å². The Labute approximate surface area is 115 Å². The number of carbonyl (C=O) groups is 1. The van der Waals surface area contributed by atoms with Crippen molar-refractivity contribution in [3.8, 4) is 0 Å². The van der Waals surface area contributed by atoms with Crippen LogP contribution in [-0.4, -0.2) is 48.9 Å². The summed E-state index contributed by atoms with van der Waals surface area (Å²) in [4.78, 5) is 16.2. The van der Waals surface area contributed by atoms with Crippen LogP contribution in [-0.2, 0) is 11.2 Å². The Morgan fingerprint density at radius 2 is 1.72 bits per heavy atom. The third kappa shape index (κ3) is 4.31. The van der Waals surface area contributed by atoms with Crippen molar-refractivity contribution in [3.63, 3.8) is 0 Å². The van der Waals surface area contributed by atoms with Gasteiger partial charge in [0, 0.05) is 32.6 Å². The van der Waals surface area contributed by atoms with Gasteiger partial charge in [-0.1, -0.05) is 30.3 Å². The van der Waals surface area contributed by atoms with Gasteiger partial charge in [0.1, 0.15) is 0 Å². The Hall–Kier alpha value is -1.06. The molecule has 3 nitrogen and oxygen atoms in total. The fraction of sp³-hybridized carbons (Fsp3) is 0.500. The van der Waals surface area contributed by atoms with Gasteiger partial charge >= 0.3 is 0 Å². The zero-order valence-electron chi connectivity index (χ0n) is 10.8. The number of nitrogens with zero attached hydrogens (tertiary/aromatic N) is 2. The summed E-state index contributed by atoms with van der Waals surface area (Å²) in [5.74, 6) is 0.293. The minimum Gasteiger partial charge on any atom is -0.340 e. The molecule has 2 rings (SSSR count). The average Bonchev–Trinajstić information content (AvgIpc) is 2.38. The van der Waals surface area contributed by atoms with Crippen molar-refractivity contribution >= 4 is 18.3 Å². The molecule has 0 unspecified atom stereocenters. The van der Waals surface area contributed by atoms with Gasteiger partial charge in [0.15, 0.2) is 0 Å². The van der Waals surface area contributed by atoms with E-state index in [4.69, 9.17) is 0 Å². The molecule has 1 aromatic rings. The lowest BCUT2D eigenvalue weighted by Crippen LogP contribution is -2.47. The van der Waals surface area contributed by atoms with Gasteiger partial charge in [-0.3, -0.25) is 4.79 Å². The van der Waals surface area contributed by atoms with Crippen LogP contribution >= 0.6 is 12.4 Å². The normalized spacial score (nSPS) is 16.2. The molecule has 0 N–H and O–H groups in total. The van der Waals surface area contributed by atoms with Gasteiger partial charge in [-0.25, -0.2) is 0 Å². The van der Waals surface area contributed by atoms with E-state index in [1.54, 1.807) is 0 Å². The monoisotopic (exact) mass is 268 g/mol. The molecule has 1 fully saturated rings. The van der Waals surface area contributed by atoms with Crippen molar-refractivity contribution in [3.05, 3.63) is 35.9 Å². The number of hydrogen-bond donors (Lipinski definition) is 0. The number of hydrogen-bond acceptors (Lipinski definition) is 2. The summed E-state index contributed by atoms with van der Waals surface area (Å²) in [6, 6.07) is 10.2. The van der Waals surface area contributed by atoms with Gasteiger partial charge in [0.05, 0.1) is 0 Å². The first-order valence-corrected chi connectivity index (χ1v) is 6.26. The minimum absolute atomic E-state index is 0. The highest BCUT2D eigenvalue weighted by atomic mass is 35.5. The van der Waals surface area contributed by atoms with Crippen LogP contribution in [0.4, 0.5) is 0 Å². The molecule has 1 aliphatic rings. The largest absolute Gasteiger partial charge is 0.340 e. The van der Waals surface area contributed by atoms with E-state index in [9.17, 15) is 4.79 Å². The Morgan fingerprint density at radius 3 is 2.33 bits per heavy atom. The zero-order valence-corrected chi connectivity index (χ0v) is 11.7. The summed E-state index contributed by atoms with van der Waals surface area (Å²) in [6.07, 6.45) is 1.49. The molecule has 0 aromatic heterocycles. The van der Waals surface area contributed by atoms with Crippen molar-refractivity contribution in [2.45, 2.75) is 12.8 Å². The van der Waals surface area contributed by atoms with Crippen LogP contribution in [0.5, 0.6) is 0 Å². The van der Waals surface area contributed by atoms with Crippen LogP contribution in [0.15, 0.2) is 30.3 Å². The molecule has 18 heavy (non-hydrogen) atoms. The molecule has 100 valence electrons. The number of benzene rings is 1. The first-order valence-electron chi connectivity index (χ1n) is 6.26. The molecule has 1 aromatic carbocycles. The summed E-state index contributed by atoms with van der Waals surface area (Å²) in [5.41, 5.74) is 1.25. The maximum absolute atomic E-state index is 12.0. The number of halogens is 1. The molecule has 1 heterocycles. The molecule has 1 amide bonds. The van der Waals surface area contributed by atoms with E-state index in [-0.39, 0.29) is 12.4 Å². The molecular weight excluding hydrogens is 248 g/mol. The molecule has 0 radical (unpaired) electrons.